The maximum absolute atomic E-state index is 12.5. The molecule has 0 saturated heterocycles. The maximum Gasteiger partial charge on any atom is 0.277 e. The Morgan fingerprint density at radius 2 is 1.96 bits per heavy atom. The first-order chi connectivity index (χ1) is 13.6. The molecule has 5 nitrogen and oxygen atoms in total. The fourth-order valence-electron chi connectivity index (χ4n) is 2.79. The monoisotopic (exact) mass is 415 g/mol. The van der Waals surface area contributed by atoms with Crippen molar-refractivity contribution in [3.05, 3.63) is 65.2 Å². The molecule has 0 aliphatic rings. The molecule has 3 rings (SSSR count). The fraction of sp³-hybridized carbons (Fsp3) is 0.286. The van der Waals surface area contributed by atoms with Crippen LogP contribution in [0.2, 0.25) is 5.02 Å². The van der Waals surface area contributed by atoms with Crippen LogP contribution in [-0.4, -0.2) is 27.9 Å². The van der Waals surface area contributed by atoms with Gasteiger partial charge in [-0.15, -0.1) is 10.2 Å². The first-order valence-corrected chi connectivity index (χ1v) is 10.4. The van der Waals surface area contributed by atoms with Crippen LogP contribution >= 0.6 is 23.4 Å². The summed E-state index contributed by atoms with van der Waals surface area (Å²) in [5.74, 6) is 0.620. The van der Waals surface area contributed by atoms with E-state index in [2.05, 4.69) is 34.6 Å². The quantitative estimate of drug-likeness (QED) is 0.513. The molecule has 28 heavy (non-hydrogen) atoms. The number of benzene rings is 2. The first kappa shape index (κ1) is 20.4. The molecule has 0 radical (unpaired) electrons. The minimum Gasteiger partial charge on any atom is -0.411 e. The lowest BCUT2D eigenvalue weighted by Gasteiger charge is -2.17. The predicted molar refractivity (Wildman–Crippen MR) is 113 cm³/mol. The molecule has 0 bridgehead atoms. The normalized spacial score (nSPS) is 13.1. The standard InChI is InChI=1S/C21H22ClN3O2S/c1-3-15(16-8-5-4-6-9-16)13-23-19(26)14(2)28-21-25-24-20(27-21)17-10-7-11-18(22)12-17/h4-12,14-15H,3,13H2,1-2H3,(H,23,26)/t14-,15-/m1/s1. The third kappa shape index (κ3) is 5.36. The van der Waals surface area contributed by atoms with Gasteiger partial charge in [-0.3, -0.25) is 4.79 Å². The highest BCUT2D eigenvalue weighted by molar-refractivity contribution is 8.00. The Morgan fingerprint density at radius 3 is 2.68 bits per heavy atom. The van der Waals surface area contributed by atoms with Crippen molar-refractivity contribution in [2.75, 3.05) is 6.54 Å². The fourth-order valence-corrected chi connectivity index (χ4v) is 3.69. The highest BCUT2D eigenvalue weighted by Gasteiger charge is 2.20. The Hall–Kier alpha value is -2.31. The second-order valence-electron chi connectivity index (χ2n) is 6.40. The summed E-state index contributed by atoms with van der Waals surface area (Å²) in [6.45, 7) is 4.55. The molecule has 0 spiro atoms. The Labute approximate surface area is 173 Å². The molecule has 146 valence electrons. The van der Waals surface area contributed by atoms with E-state index in [1.54, 1.807) is 12.1 Å². The van der Waals surface area contributed by atoms with Crippen molar-refractivity contribution in [2.24, 2.45) is 0 Å². The minimum atomic E-state index is -0.346. The van der Waals surface area contributed by atoms with Gasteiger partial charge in [-0.25, -0.2) is 0 Å². The molecule has 0 saturated carbocycles. The summed E-state index contributed by atoms with van der Waals surface area (Å²) in [6, 6.07) is 17.4. The summed E-state index contributed by atoms with van der Waals surface area (Å²) in [5.41, 5.74) is 1.98. The van der Waals surface area contributed by atoms with E-state index < -0.39 is 0 Å². The number of nitrogens with one attached hydrogen (secondary N) is 1. The zero-order valence-electron chi connectivity index (χ0n) is 15.8. The van der Waals surface area contributed by atoms with Crippen LogP contribution in [0.4, 0.5) is 0 Å². The molecule has 0 fully saturated rings. The molecule has 2 atom stereocenters. The van der Waals surface area contributed by atoms with Crippen LogP contribution in [-0.2, 0) is 4.79 Å². The molecular weight excluding hydrogens is 394 g/mol. The third-order valence-electron chi connectivity index (χ3n) is 4.41. The summed E-state index contributed by atoms with van der Waals surface area (Å²) in [7, 11) is 0. The molecule has 2 aromatic carbocycles. The number of carbonyl (C=O) groups excluding carboxylic acids is 1. The van der Waals surface area contributed by atoms with E-state index in [4.69, 9.17) is 16.0 Å². The zero-order valence-corrected chi connectivity index (χ0v) is 17.3. The van der Waals surface area contributed by atoms with Gasteiger partial charge in [-0.1, -0.05) is 66.7 Å². The molecule has 7 heteroatoms. The van der Waals surface area contributed by atoms with Crippen molar-refractivity contribution in [1.29, 1.82) is 0 Å². The molecule has 1 aromatic heterocycles. The van der Waals surface area contributed by atoms with Gasteiger partial charge in [0, 0.05) is 23.0 Å². The van der Waals surface area contributed by atoms with Crippen LogP contribution in [0.5, 0.6) is 0 Å². The largest absolute Gasteiger partial charge is 0.411 e. The molecular formula is C21H22ClN3O2S. The lowest BCUT2D eigenvalue weighted by molar-refractivity contribution is -0.120. The number of hydrogen-bond acceptors (Lipinski definition) is 5. The van der Waals surface area contributed by atoms with Crippen LogP contribution in [0.3, 0.4) is 0 Å². The van der Waals surface area contributed by atoms with E-state index in [1.807, 2.05) is 37.3 Å². The SMILES string of the molecule is CC[C@H](CNC(=O)[C@@H](C)Sc1nnc(-c2cccc(Cl)c2)o1)c1ccccc1. The smallest absolute Gasteiger partial charge is 0.277 e. The van der Waals surface area contributed by atoms with Crippen molar-refractivity contribution in [1.82, 2.24) is 15.5 Å². The molecule has 1 heterocycles. The van der Waals surface area contributed by atoms with E-state index in [-0.39, 0.29) is 11.2 Å². The average molecular weight is 416 g/mol. The number of hydrogen-bond donors (Lipinski definition) is 1. The zero-order chi connectivity index (χ0) is 19.9. The first-order valence-electron chi connectivity index (χ1n) is 9.15. The van der Waals surface area contributed by atoms with E-state index in [9.17, 15) is 4.79 Å². The van der Waals surface area contributed by atoms with Crippen molar-refractivity contribution in [2.45, 2.75) is 36.7 Å². The van der Waals surface area contributed by atoms with Gasteiger partial charge in [0.25, 0.3) is 5.22 Å². The van der Waals surface area contributed by atoms with E-state index in [1.165, 1.54) is 17.3 Å². The molecule has 0 unspecified atom stereocenters. The number of aromatic nitrogens is 2. The number of thioether (sulfide) groups is 1. The van der Waals surface area contributed by atoms with Gasteiger partial charge in [0.1, 0.15) is 0 Å². The minimum absolute atomic E-state index is 0.0538. The second kappa shape index (κ2) is 9.75. The van der Waals surface area contributed by atoms with Gasteiger partial charge in [0.15, 0.2) is 0 Å². The maximum atomic E-state index is 12.5. The summed E-state index contributed by atoms with van der Waals surface area (Å²) in [4.78, 5) is 12.5. The lowest BCUT2D eigenvalue weighted by Crippen LogP contribution is -2.34. The van der Waals surface area contributed by atoms with Gasteiger partial charge in [-0.2, -0.15) is 0 Å². The van der Waals surface area contributed by atoms with Crippen molar-refractivity contribution in [3.8, 4) is 11.5 Å². The molecule has 1 N–H and O–H groups in total. The Balaban J connectivity index is 1.56. The topological polar surface area (TPSA) is 68.0 Å². The van der Waals surface area contributed by atoms with E-state index in [0.29, 0.717) is 28.6 Å². The van der Waals surface area contributed by atoms with Crippen molar-refractivity contribution in [3.63, 3.8) is 0 Å². The summed E-state index contributed by atoms with van der Waals surface area (Å²) in [6.07, 6.45) is 0.957. The van der Waals surface area contributed by atoms with Crippen LogP contribution in [0.25, 0.3) is 11.5 Å². The number of amides is 1. The lowest BCUT2D eigenvalue weighted by atomic mass is 9.96. The number of nitrogens with zero attached hydrogens (tertiary/aromatic N) is 2. The van der Waals surface area contributed by atoms with Gasteiger partial charge in [-0.05, 0) is 37.1 Å². The van der Waals surface area contributed by atoms with Gasteiger partial charge >= 0.3 is 0 Å². The average Bonchev–Trinajstić information content (AvgIpc) is 3.17. The third-order valence-corrected chi connectivity index (χ3v) is 5.58. The molecule has 3 aromatic rings. The van der Waals surface area contributed by atoms with Gasteiger partial charge in [0.05, 0.1) is 5.25 Å². The number of carbonyl (C=O) groups is 1. The van der Waals surface area contributed by atoms with Crippen LogP contribution in [0, 0.1) is 0 Å². The number of rotatable bonds is 8. The molecule has 0 aliphatic heterocycles. The highest BCUT2D eigenvalue weighted by Crippen LogP contribution is 2.27. The highest BCUT2D eigenvalue weighted by atomic mass is 35.5. The Kier molecular flexibility index (Phi) is 7.12. The molecule has 0 aliphatic carbocycles. The van der Waals surface area contributed by atoms with Gasteiger partial charge in [0.2, 0.25) is 11.8 Å². The van der Waals surface area contributed by atoms with Gasteiger partial charge < -0.3 is 9.73 Å². The summed E-state index contributed by atoms with van der Waals surface area (Å²) >= 11 is 7.24. The second-order valence-corrected chi connectivity index (χ2v) is 8.13. The van der Waals surface area contributed by atoms with Crippen molar-refractivity contribution < 1.29 is 9.21 Å². The van der Waals surface area contributed by atoms with Crippen LogP contribution in [0.15, 0.2) is 64.2 Å². The Morgan fingerprint density at radius 1 is 1.18 bits per heavy atom. The van der Waals surface area contributed by atoms with Crippen LogP contribution < -0.4 is 5.32 Å². The van der Waals surface area contributed by atoms with E-state index >= 15 is 0 Å². The summed E-state index contributed by atoms with van der Waals surface area (Å²) in [5, 5.41) is 11.7. The number of halogens is 1. The van der Waals surface area contributed by atoms with Crippen molar-refractivity contribution >= 4 is 29.3 Å². The predicted octanol–water partition coefficient (Wildman–Crippen LogP) is 5.18. The summed E-state index contributed by atoms with van der Waals surface area (Å²) < 4.78 is 5.66. The van der Waals surface area contributed by atoms with Crippen LogP contribution in [0.1, 0.15) is 31.7 Å². The molecule has 1 amide bonds. The Bertz CT molecular complexity index is 917. The van der Waals surface area contributed by atoms with E-state index in [0.717, 1.165) is 12.0 Å².